The van der Waals surface area contributed by atoms with E-state index in [1.165, 1.54) is 24.0 Å². The van der Waals surface area contributed by atoms with Crippen molar-refractivity contribution in [3.63, 3.8) is 0 Å². The molecule has 1 N–H and O–H groups in total. The molecule has 3 rings (SSSR count). The molecule has 0 spiro atoms. The molecule has 1 aromatic rings. The largest absolute Gasteiger partial charge is 0.317 e. The zero-order chi connectivity index (χ0) is 12.5. The van der Waals surface area contributed by atoms with Gasteiger partial charge < -0.3 is 10.2 Å². The monoisotopic (exact) mass is 244 g/mol. The van der Waals surface area contributed by atoms with Crippen LogP contribution in [-0.4, -0.2) is 26.0 Å². The summed E-state index contributed by atoms with van der Waals surface area (Å²) in [6, 6.07) is 6.67. The number of rotatable bonds is 1. The highest BCUT2D eigenvalue weighted by atomic mass is 16.2. The van der Waals surface area contributed by atoms with E-state index in [4.69, 9.17) is 0 Å². The van der Waals surface area contributed by atoms with Gasteiger partial charge in [0.05, 0.1) is 0 Å². The number of benzene rings is 1. The molecule has 3 nitrogen and oxygen atoms in total. The van der Waals surface area contributed by atoms with Gasteiger partial charge in [0.15, 0.2) is 0 Å². The number of nitrogens with zero attached hydrogens (tertiary/aromatic N) is 1. The second kappa shape index (κ2) is 4.73. The smallest absolute Gasteiger partial charge is 0.227 e. The van der Waals surface area contributed by atoms with Crippen LogP contribution in [0.2, 0.25) is 0 Å². The topological polar surface area (TPSA) is 32.3 Å². The second-order valence-electron chi connectivity index (χ2n) is 5.37. The highest BCUT2D eigenvalue weighted by Gasteiger charge is 2.22. The van der Waals surface area contributed by atoms with Crippen LogP contribution >= 0.6 is 0 Å². The van der Waals surface area contributed by atoms with Gasteiger partial charge in [-0.1, -0.05) is 12.1 Å². The molecule has 0 radical (unpaired) electrons. The van der Waals surface area contributed by atoms with Gasteiger partial charge in [-0.2, -0.15) is 0 Å². The van der Waals surface area contributed by atoms with Gasteiger partial charge in [-0.3, -0.25) is 4.79 Å². The minimum absolute atomic E-state index is 0.233. The molecule has 18 heavy (non-hydrogen) atoms. The average Bonchev–Trinajstić information content (AvgIpc) is 2.44. The zero-order valence-electron chi connectivity index (χ0n) is 10.9. The standard InChI is InChI=1S/C15H20N2O/c1-17-14-4-2-12(11-6-8-16-9-7-11)10-13(14)3-5-15(17)18/h2,4,10-11,16H,3,5-9H2,1H3. The summed E-state index contributed by atoms with van der Waals surface area (Å²) in [5.74, 6) is 0.927. The summed E-state index contributed by atoms with van der Waals surface area (Å²) in [7, 11) is 1.88. The first-order valence-electron chi connectivity index (χ1n) is 6.86. The quantitative estimate of drug-likeness (QED) is 0.820. The summed E-state index contributed by atoms with van der Waals surface area (Å²) < 4.78 is 0. The van der Waals surface area contributed by atoms with Crippen LogP contribution in [0.15, 0.2) is 18.2 Å². The van der Waals surface area contributed by atoms with Crippen molar-refractivity contribution >= 4 is 11.6 Å². The van der Waals surface area contributed by atoms with Gasteiger partial charge in [-0.05, 0) is 55.5 Å². The van der Waals surface area contributed by atoms with Crippen molar-refractivity contribution in [1.82, 2.24) is 5.32 Å². The number of nitrogens with one attached hydrogen (secondary N) is 1. The van der Waals surface area contributed by atoms with E-state index in [2.05, 4.69) is 23.5 Å². The van der Waals surface area contributed by atoms with E-state index in [1.807, 2.05) is 7.05 Å². The molecule has 0 atom stereocenters. The Bertz CT molecular complexity index is 464. The molecule has 0 unspecified atom stereocenters. The Kier molecular flexibility index (Phi) is 3.08. The van der Waals surface area contributed by atoms with Crippen LogP contribution in [0, 0.1) is 0 Å². The molecule has 3 heteroatoms. The van der Waals surface area contributed by atoms with Gasteiger partial charge >= 0.3 is 0 Å². The molecule has 2 aliphatic rings. The molecule has 0 bridgehead atoms. The van der Waals surface area contributed by atoms with Crippen molar-refractivity contribution in [1.29, 1.82) is 0 Å². The van der Waals surface area contributed by atoms with Gasteiger partial charge in [0.1, 0.15) is 0 Å². The van der Waals surface area contributed by atoms with E-state index in [0.29, 0.717) is 12.3 Å². The van der Waals surface area contributed by atoms with Gasteiger partial charge in [0, 0.05) is 19.2 Å². The Morgan fingerprint density at radius 3 is 2.78 bits per heavy atom. The average molecular weight is 244 g/mol. The molecule has 1 amide bonds. The third-order valence-corrected chi connectivity index (χ3v) is 4.26. The van der Waals surface area contributed by atoms with Crippen LogP contribution in [0.1, 0.15) is 36.3 Å². The maximum Gasteiger partial charge on any atom is 0.227 e. The molecule has 2 heterocycles. The Labute approximate surface area is 108 Å². The van der Waals surface area contributed by atoms with Crippen molar-refractivity contribution in [2.45, 2.75) is 31.6 Å². The van der Waals surface area contributed by atoms with Crippen molar-refractivity contribution in [3.8, 4) is 0 Å². The lowest BCUT2D eigenvalue weighted by Crippen LogP contribution is -2.31. The van der Waals surface area contributed by atoms with Crippen molar-refractivity contribution in [3.05, 3.63) is 29.3 Å². The molecular weight excluding hydrogens is 224 g/mol. The van der Waals surface area contributed by atoms with E-state index >= 15 is 0 Å². The number of carbonyl (C=O) groups excluding carboxylic acids is 1. The summed E-state index contributed by atoms with van der Waals surface area (Å²) in [5, 5.41) is 3.41. The van der Waals surface area contributed by atoms with Gasteiger partial charge in [-0.25, -0.2) is 0 Å². The van der Waals surface area contributed by atoms with E-state index in [1.54, 1.807) is 4.90 Å². The maximum absolute atomic E-state index is 11.7. The molecule has 0 aromatic heterocycles. The first-order valence-corrected chi connectivity index (χ1v) is 6.86. The molecule has 1 fully saturated rings. The van der Waals surface area contributed by atoms with E-state index in [0.717, 1.165) is 25.2 Å². The van der Waals surface area contributed by atoms with Crippen LogP contribution in [0.25, 0.3) is 0 Å². The fraction of sp³-hybridized carbons (Fsp3) is 0.533. The van der Waals surface area contributed by atoms with Crippen LogP contribution in [0.4, 0.5) is 5.69 Å². The number of anilines is 1. The molecular formula is C15H20N2O. The number of hydrogen-bond acceptors (Lipinski definition) is 2. The summed E-state index contributed by atoms with van der Waals surface area (Å²) in [6.07, 6.45) is 4.01. The third kappa shape index (κ3) is 2.03. The predicted molar refractivity (Wildman–Crippen MR) is 73.0 cm³/mol. The molecule has 0 aliphatic carbocycles. The Morgan fingerprint density at radius 1 is 1.22 bits per heavy atom. The Morgan fingerprint density at radius 2 is 2.00 bits per heavy atom. The van der Waals surface area contributed by atoms with Crippen LogP contribution in [-0.2, 0) is 11.2 Å². The van der Waals surface area contributed by atoms with Gasteiger partial charge in [-0.15, -0.1) is 0 Å². The summed E-state index contributed by atoms with van der Waals surface area (Å²) in [6.45, 7) is 2.25. The van der Waals surface area contributed by atoms with E-state index in [-0.39, 0.29) is 5.91 Å². The Balaban J connectivity index is 1.89. The summed E-state index contributed by atoms with van der Waals surface area (Å²) in [4.78, 5) is 13.5. The van der Waals surface area contributed by atoms with Gasteiger partial charge in [0.25, 0.3) is 0 Å². The first-order chi connectivity index (χ1) is 8.75. The lowest BCUT2D eigenvalue weighted by atomic mass is 9.87. The fourth-order valence-electron chi connectivity index (χ4n) is 3.09. The number of hydrogen-bond donors (Lipinski definition) is 1. The minimum Gasteiger partial charge on any atom is -0.317 e. The van der Waals surface area contributed by atoms with Crippen molar-refractivity contribution in [2.24, 2.45) is 0 Å². The molecule has 1 saturated heterocycles. The van der Waals surface area contributed by atoms with E-state index < -0.39 is 0 Å². The van der Waals surface area contributed by atoms with E-state index in [9.17, 15) is 4.79 Å². The highest BCUT2D eigenvalue weighted by molar-refractivity contribution is 5.95. The summed E-state index contributed by atoms with van der Waals surface area (Å²) in [5.41, 5.74) is 3.90. The lowest BCUT2D eigenvalue weighted by Gasteiger charge is -2.28. The molecule has 1 aromatic carbocycles. The molecule has 0 saturated carbocycles. The number of aryl methyl sites for hydroxylation is 1. The summed E-state index contributed by atoms with van der Waals surface area (Å²) >= 11 is 0. The maximum atomic E-state index is 11.7. The second-order valence-corrected chi connectivity index (χ2v) is 5.37. The Hall–Kier alpha value is -1.35. The predicted octanol–water partition coefficient (Wildman–Crippen LogP) is 2.06. The zero-order valence-corrected chi connectivity index (χ0v) is 10.9. The van der Waals surface area contributed by atoms with Crippen molar-refractivity contribution in [2.75, 3.05) is 25.0 Å². The number of amides is 1. The first kappa shape index (κ1) is 11.7. The lowest BCUT2D eigenvalue weighted by molar-refractivity contribution is -0.118. The normalized spacial score (nSPS) is 20.9. The third-order valence-electron chi connectivity index (χ3n) is 4.26. The van der Waals surface area contributed by atoms with Crippen LogP contribution in [0.3, 0.4) is 0 Å². The SMILES string of the molecule is CN1C(=O)CCc2cc(C3CCNCC3)ccc21. The fourth-order valence-corrected chi connectivity index (χ4v) is 3.09. The number of piperidine rings is 1. The number of carbonyl (C=O) groups is 1. The molecule has 96 valence electrons. The van der Waals surface area contributed by atoms with Crippen LogP contribution < -0.4 is 10.2 Å². The highest BCUT2D eigenvalue weighted by Crippen LogP contribution is 2.32. The number of fused-ring (bicyclic) bond motifs is 1. The minimum atomic E-state index is 0.233. The molecule has 2 aliphatic heterocycles. The van der Waals surface area contributed by atoms with Gasteiger partial charge in [0.2, 0.25) is 5.91 Å². The van der Waals surface area contributed by atoms with Crippen molar-refractivity contribution < 1.29 is 4.79 Å². The van der Waals surface area contributed by atoms with Crippen LogP contribution in [0.5, 0.6) is 0 Å².